The predicted molar refractivity (Wildman–Crippen MR) is 65.5 cm³/mol. The van der Waals surface area contributed by atoms with E-state index >= 15 is 0 Å². The van der Waals surface area contributed by atoms with Gasteiger partial charge in [-0.25, -0.2) is 0 Å². The molecular weight excluding hydrogens is 202 g/mol. The van der Waals surface area contributed by atoms with E-state index in [9.17, 15) is 0 Å². The van der Waals surface area contributed by atoms with E-state index in [-0.39, 0.29) is 5.60 Å². The third kappa shape index (κ3) is 2.48. The summed E-state index contributed by atoms with van der Waals surface area (Å²) in [5, 5.41) is 0. The molecule has 1 saturated carbocycles. The Morgan fingerprint density at radius 2 is 2.00 bits per heavy atom. The molecule has 1 heterocycles. The molecule has 2 aliphatic rings. The van der Waals surface area contributed by atoms with Crippen molar-refractivity contribution >= 4 is 5.96 Å². The fraction of sp³-hybridized carbons (Fsp3) is 0.917. The van der Waals surface area contributed by atoms with Crippen LogP contribution in [0.1, 0.15) is 39.0 Å². The van der Waals surface area contributed by atoms with Gasteiger partial charge in [0.1, 0.15) is 0 Å². The standard InChI is InChI=1S/C12H23N3O/c1-2-16-12(6-3-4-7-12)10-14-11(13)15-8-5-9-15/h2-10H2,1H3,(H2,13,14). The molecule has 0 aromatic carbocycles. The third-order valence-electron chi connectivity index (χ3n) is 3.67. The summed E-state index contributed by atoms with van der Waals surface area (Å²) in [6, 6.07) is 0. The molecule has 1 aliphatic carbocycles. The largest absolute Gasteiger partial charge is 0.373 e. The average Bonchev–Trinajstić information content (AvgIpc) is 2.62. The smallest absolute Gasteiger partial charge is 0.191 e. The molecular formula is C12H23N3O. The molecule has 0 amide bonds. The van der Waals surface area contributed by atoms with Crippen molar-refractivity contribution in [2.45, 2.75) is 44.6 Å². The van der Waals surface area contributed by atoms with Gasteiger partial charge < -0.3 is 15.4 Å². The summed E-state index contributed by atoms with van der Waals surface area (Å²) in [4.78, 5) is 6.65. The summed E-state index contributed by atoms with van der Waals surface area (Å²) in [5.41, 5.74) is 5.92. The Kier molecular flexibility index (Phi) is 3.69. The summed E-state index contributed by atoms with van der Waals surface area (Å²) in [7, 11) is 0. The van der Waals surface area contributed by atoms with E-state index in [1.807, 2.05) is 0 Å². The molecule has 0 bridgehead atoms. The van der Waals surface area contributed by atoms with Gasteiger partial charge in [-0.05, 0) is 26.2 Å². The van der Waals surface area contributed by atoms with Crippen molar-refractivity contribution in [2.24, 2.45) is 10.7 Å². The lowest BCUT2D eigenvalue weighted by Crippen LogP contribution is -2.47. The van der Waals surface area contributed by atoms with Crippen molar-refractivity contribution in [3.05, 3.63) is 0 Å². The first-order chi connectivity index (χ1) is 7.76. The minimum atomic E-state index is -0.00969. The van der Waals surface area contributed by atoms with Crippen molar-refractivity contribution in [2.75, 3.05) is 26.2 Å². The van der Waals surface area contributed by atoms with Crippen LogP contribution in [0.5, 0.6) is 0 Å². The van der Waals surface area contributed by atoms with Crippen molar-refractivity contribution < 1.29 is 4.74 Å². The maximum atomic E-state index is 5.93. The Balaban J connectivity index is 1.89. The minimum absolute atomic E-state index is 0.00969. The number of hydrogen-bond donors (Lipinski definition) is 1. The summed E-state index contributed by atoms with van der Waals surface area (Å²) in [5.74, 6) is 0.706. The number of hydrogen-bond acceptors (Lipinski definition) is 2. The van der Waals surface area contributed by atoms with Gasteiger partial charge in [0.05, 0.1) is 12.1 Å². The van der Waals surface area contributed by atoms with E-state index in [1.54, 1.807) is 0 Å². The van der Waals surface area contributed by atoms with Crippen LogP contribution in [-0.2, 0) is 4.74 Å². The first-order valence-corrected chi connectivity index (χ1v) is 6.45. The van der Waals surface area contributed by atoms with Crippen molar-refractivity contribution in [3.8, 4) is 0 Å². The lowest BCUT2D eigenvalue weighted by molar-refractivity contribution is -0.0263. The van der Waals surface area contributed by atoms with Gasteiger partial charge >= 0.3 is 0 Å². The fourth-order valence-electron chi connectivity index (χ4n) is 2.54. The van der Waals surface area contributed by atoms with Crippen LogP contribution in [0.4, 0.5) is 0 Å². The molecule has 0 radical (unpaired) electrons. The highest BCUT2D eigenvalue weighted by Gasteiger charge is 2.34. The number of ether oxygens (including phenoxy) is 1. The normalized spacial score (nSPS) is 24.6. The van der Waals surface area contributed by atoms with Gasteiger partial charge in [0.25, 0.3) is 0 Å². The van der Waals surface area contributed by atoms with Crippen molar-refractivity contribution in [3.63, 3.8) is 0 Å². The third-order valence-corrected chi connectivity index (χ3v) is 3.67. The second-order valence-corrected chi connectivity index (χ2v) is 4.84. The van der Waals surface area contributed by atoms with Crippen molar-refractivity contribution in [1.29, 1.82) is 0 Å². The topological polar surface area (TPSA) is 50.9 Å². The number of nitrogens with two attached hydrogens (primary N) is 1. The van der Waals surface area contributed by atoms with Crippen LogP contribution in [-0.4, -0.2) is 42.7 Å². The van der Waals surface area contributed by atoms with Crippen LogP contribution in [0.3, 0.4) is 0 Å². The van der Waals surface area contributed by atoms with E-state index in [2.05, 4.69) is 16.8 Å². The molecule has 0 atom stereocenters. The summed E-state index contributed by atoms with van der Waals surface area (Å²) >= 11 is 0. The predicted octanol–water partition coefficient (Wildman–Crippen LogP) is 1.36. The summed E-state index contributed by atoms with van der Waals surface area (Å²) in [6.45, 7) is 5.71. The Morgan fingerprint density at radius 3 is 2.50 bits per heavy atom. The Morgan fingerprint density at radius 1 is 1.31 bits per heavy atom. The molecule has 2 N–H and O–H groups in total. The van der Waals surface area contributed by atoms with Gasteiger partial charge in [-0.15, -0.1) is 0 Å². The molecule has 2 fully saturated rings. The van der Waals surface area contributed by atoms with E-state index < -0.39 is 0 Å². The van der Waals surface area contributed by atoms with Gasteiger partial charge in [-0.1, -0.05) is 12.8 Å². The molecule has 0 aromatic heterocycles. The second-order valence-electron chi connectivity index (χ2n) is 4.84. The number of nitrogens with zero attached hydrogens (tertiary/aromatic N) is 2. The Hall–Kier alpha value is -0.770. The minimum Gasteiger partial charge on any atom is -0.373 e. The van der Waals surface area contributed by atoms with Gasteiger partial charge in [0, 0.05) is 19.7 Å². The van der Waals surface area contributed by atoms with Crippen LogP contribution < -0.4 is 5.73 Å². The molecule has 92 valence electrons. The molecule has 0 spiro atoms. The highest BCUT2D eigenvalue weighted by atomic mass is 16.5. The second kappa shape index (κ2) is 5.04. The molecule has 0 unspecified atom stereocenters. The fourth-order valence-corrected chi connectivity index (χ4v) is 2.54. The van der Waals surface area contributed by atoms with Crippen LogP contribution in [0.2, 0.25) is 0 Å². The zero-order valence-corrected chi connectivity index (χ0v) is 10.2. The number of guanidine groups is 1. The first-order valence-electron chi connectivity index (χ1n) is 6.45. The Labute approximate surface area is 97.9 Å². The van der Waals surface area contributed by atoms with Gasteiger partial charge in [0.2, 0.25) is 0 Å². The number of likely N-dealkylation sites (tertiary alicyclic amines) is 1. The van der Waals surface area contributed by atoms with E-state index in [4.69, 9.17) is 10.5 Å². The van der Waals surface area contributed by atoms with Gasteiger partial charge in [-0.2, -0.15) is 0 Å². The van der Waals surface area contributed by atoms with E-state index in [0.29, 0.717) is 5.96 Å². The maximum absolute atomic E-state index is 5.93. The average molecular weight is 225 g/mol. The van der Waals surface area contributed by atoms with Crippen LogP contribution in [0.15, 0.2) is 4.99 Å². The molecule has 1 saturated heterocycles. The highest BCUT2D eigenvalue weighted by molar-refractivity contribution is 5.78. The van der Waals surface area contributed by atoms with Crippen molar-refractivity contribution in [1.82, 2.24) is 4.90 Å². The molecule has 2 rings (SSSR count). The zero-order valence-electron chi connectivity index (χ0n) is 10.2. The quantitative estimate of drug-likeness (QED) is 0.580. The molecule has 1 aliphatic heterocycles. The summed E-state index contributed by atoms with van der Waals surface area (Å²) in [6.07, 6.45) is 6.04. The molecule has 4 nitrogen and oxygen atoms in total. The SMILES string of the molecule is CCOC1(CN=C(N)N2CCC2)CCCC1. The van der Waals surface area contributed by atoms with Crippen LogP contribution in [0, 0.1) is 0 Å². The maximum Gasteiger partial charge on any atom is 0.191 e. The molecule has 0 aromatic rings. The first kappa shape index (κ1) is 11.7. The molecule has 16 heavy (non-hydrogen) atoms. The molecule has 4 heteroatoms. The van der Waals surface area contributed by atoms with Gasteiger partial charge in [-0.3, -0.25) is 4.99 Å². The lowest BCUT2D eigenvalue weighted by Gasteiger charge is -2.33. The highest BCUT2D eigenvalue weighted by Crippen LogP contribution is 2.33. The number of aliphatic imine (C=N–C) groups is 1. The van der Waals surface area contributed by atoms with Crippen LogP contribution in [0.25, 0.3) is 0 Å². The lowest BCUT2D eigenvalue weighted by atomic mass is 10.0. The zero-order chi connectivity index (χ0) is 11.4. The van der Waals surface area contributed by atoms with E-state index in [0.717, 1.165) is 39.1 Å². The van der Waals surface area contributed by atoms with E-state index in [1.165, 1.54) is 19.3 Å². The van der Waals surface area contributed by atoms with Gasteiger partial charge in [0.15, 0.2) is 5.96 Å². The Bertz CT molecular complexity index is 255. The monoisotopic (exact) mass is 225 g/mol. The van der Waals surface area contributed by atoms with Crippen LogP contribution >= 0.6 is 0 Å². The number of rotatable bonds is 4. The summed E-state index contributed by atoms with van der Waals surface area (Å²) < 4.78 is 5.89.